The largest absolute Gasteiger partial charge is 0.867 e. The summed E-state index contributed by atoms with van der Waals surface area (Å²) in [5.41, 5.74) is 0.474. The van der Waals surface area contributed by atoms with E-state index in [0.29, 0.717) is 11.6 Å². The molecule has 24 heavy (non-hydrogen) atoms. The topological polar surface area (TPSA) is 151 Å². The maximum atomic E-state index is 11.9. The highest BCUT2D eigenvalue weighted by Gasteiger charge is 2.18. The molecule has 10 nitrogen and oxygen atoms in total. The van der Waals surface area contributed by atoms with Crippen LogP contribution < -0.4 is 10.5 Å². The number of nitro groups is 2. The number of non-ortho nitro benzene ring substituents is 1. The van der Waals surface area contributed by atoms with Gasteiger partial charge in [-0.2, -0.15) is 5.10 Å². The number of carbonyl (C=O) groups excluding carboxylic acids is 1. The number of hydrogen-bond donors (Lipinski definition) is 1. The molecular formula is C14H9N4O6-. The minimum atomic E-state index is -1.04. The fourth-order valence-corrected chi connectivity index (χ4v) is 1.77. The van der Waals surface area contributed by atoms with Crippen molar-refractivity contribution in [1.82, 2.24) is 5.43 Å². The first-order chi connectivity index (χ1) is 11.4. The molecule has 0 atom stereocenters. The zero-order valence-corrected chi connectivity index (χ0v) is 11.9. The molecule has 0 bridgehead atoms. The fourth-order valence-electron chi connectivity index (χ4n) is 1.77. The standard InChI is InChI=1S/C14H10N4O6/c19-13-10(6-11(17(21)22)7-12(13)18(23)24)8-15-16-14(20)9-4-2-1-3-5-9/h1-8,19H,(H,16,20)/p-1/b15-8-. The first-order valence-electron chi connectivity index (χ1n) is 6.42. The molecule has 0 unspecified atom stereocenters. The molecule has 2 aromatic rings. The van der Waals surface area contributed by atoms with Crippen LogP contribution in [0, 0.1) is 20.2 Å². The number of nitrogens with zero attached hydrogens (tertiary/aromatic N) is 3. The van der Waals surface area contributed by atoms with Gasteiger partial charge in [0.05, 0.1) is 22.1 Å². The normalized spacial score (nSPS) is 10.5. The zero-order valence-electron chi connectivity index (χ0n) is 11.9. The highest BCUT2D eigenvalue weighted by atomic mass is 16.6. The summed E-state index contributed by atoms with van der Waals surface area (Å²) in [4.78, 5) is 31.4. The van der Waals surface area contributed by atoms with E-state index in [1.807, 2.05) is 0 Å². The Balaban J connectivity index is 2.27. The van der Waals surface area contributed by atoms with Crippen molar-refractivity contribution in [3.63, 3.8) is 0 Å². The van der Waals surface area contributed by atoms with Gasteiger partial charge in [0.2, 0.25) is 0 Å². The highest BCUT2D eigenvalue weighted by Crippen LogP contribution is 2.31. The third-order valence-corrected chi connectivity index (χ3v) is 2.90. The number of hydrogen-bond acceptors (Lipinski definition) is 7. The average Bonchev–Trinajstić information content (AvgIpc) is 2.56. The molecule has 0 aromatic heterocycles. The van der Waals surface area contributed by atoms with E-state index in [-0.39, 0.29) is 5.56 Å². The van der Waals surface area contributed by atoms with Crippen LogP contribution in [0.3, 0.4) is 0 Å². The van der Waals surface area contributed by atoms with Gasteiger partial charge >= 0.3 is 0 Å². The van der Waals surface area contributed by atoms with Crippen LogP contribution in [0.5, 0.6) is 5.75 Å². The van der Waals surface area contributed by atoms with E-state index in [9.17, 15) is 30.1 Å². The van der Waals surface area contributed by atoms with E-state index < -0.39 is 32.9 Å². The minimum absolute atomic E-state index is 0.307. The van der Waals surface area contributed by atoms with Crippen LogP contribution in [0.4, 0.5) is 11.4 Å². The van der Waals surface area contributed by atoms with Crippen LogP contribution in [-0.2, 0) is 0 Å². The van der Waals surface area contributed by atoms with Crippen molar-refractivity contribution in [3.8, 4) is 5.75 Å². The van der Waals surface area contributed by atoms with E-state index in [4.69, 9.17) is 0 Å². The van der Waals surface area contributed by atoms with Crippen LogP contribution >= 0.6 is 0 Å². The predicted octanol–water partition coefficient (Wildman–Crippen LogP) is 1.34. The van der Waals surface area contributed by atoms with Gasteiger partial charge < -0.3 is 5.11 Å². The Labute approximate surface area is 134 Å². The Morgan fingerprint density at radius 3 is 2.33 bits per heavy atom. The number of hydrazone groups is 1. The van der Waals surface area contributed by atoms with Gasteiger partial charge in [-0.15, -0.1) is 0 Å². The lowest BCUT2D eigenvalue weighted by atomic mass is 10.1. The number of nitrogens with one attached hydrogen (secondary N) is 1. The fraction of sp³-hybridized carbons (Fsp3) is 0. The molecule has 0 fully saturated rings. The SMILES string of the molecule is O=C(N/N=C\c1cc([N+](=O)[O-])cc([N+](=O)[O-])c1[O-])c1ccccc1. The van der Waals surface area contributed by atoms with E-state index >= 15 is 0 Å². The third-order valence-electron chi connectivity index (χ3n) is 2.90. The molecule has 1 amide bonds. The Morgan fingerprint density at radius 2 is 1.75 bits per heavy atom. The maximum Gasteiger partial charge on any atom is 0.276 e. The monoisotopic (exact) mass is 329 g/mol. The van der Waals surface area contributed by atoms with Crippen molar-refractivity contribution >= 4 is 23.5 Å². The van der Waals surface area contributed by atoms with Gasteiger partial charge in [0.1, 0.15) is 0 Å². The molecule has 0 aliphatic carbocycles. The summed E-state index contributed by atoms with van der Waals surface area (Å²) in [5.74, 6) is -1.61. The van der Waals surface area contributed by atoms with E-state index in [2.05, 4.69) is 10.5 Å². The van der Waals surface area contributed by atoms with E-state index in [1.54, 1.807) is 18.2 Å². The van der Waals surface area contributed by atoms with E-state index in [0.717, 1.165) is 12.3 Å². The van der Waals surface area contributed by atoms with Crippen molar-refractivity contribution < 1.29 is 19.7 Å². The van der Waals surface area contributed by atoms with Gasteiger partial charge in [-0.05, 0) is 17.9 Å². The number of benzene rings is 2. The molecule has 0 saturated carbocycles. The lowest BCUT2D eigenvalue weighted by Crippen LogP contribution is -2.17. The lowest BCUT2D eigenvalue weighted by Gasteiger charge is -2.10. The van der Waals surface area contributed by atoms with Crippen molar-refractivity contribution in [2.45, 2.75) is 0 Å². The molecule has 0 radical (unpaired) electrons. The molecule has 122 valence electrons. The molecule has 2 aromatic carbocycles. The summed E-state index contributed by atoms with van der Waals surface area (Å²) in [6.07, 6.45) is 0.823. The van der Waals surface area contributed by atoms with Crippen molar-refractivity contribution in [2.75, 3.05) is 0 Å². The molecular weight excluding hydrogens is 320 g/mol. The summed E-state index contributed by atoms with van der Waals surface area (Å²) in [6.45, 7) is 0. The van der Waals surface area contributed by atoms with Crippen LogP contribution in [-0.4, -0.2) is 22.0 Å². The quantitative estimate of drug-likeness (QED) is 0.496. The Bertz CT molecular complexity index is 835. The third kappa shape index (κ3) is 3.68. The molecule has 0 heterocycles. The number of amides is 1. The molecule has 1 N–H and O–H groups in total. The summed E-state index contributed by atoms with van der Waals surface area (Å²) in [6, 6.07) is 9.46. The van der Waals surface area contributed by atoms with Crippen LogP contribution in [0.15, 0.2) is 47.6 Å². The molecule has 2 rings (SSSR count). The summed E-state index contributed by atoms with van der Waals surface area (Å²) >= 11 is 0. The van der Waals surface area contributed by atoms with Gasteiger partial charge in [-0.1, -0.05) is 18.2 Å². The lowest BCUT2D eigenvalue weighted by molar-refractivity contribution is -0.403. The van der Waals surface area contributed by atoms with Gasteiger partial charge in [0.15, 0.2) is 0 Å². The van der Waals surface area contributed by atoms with Gasteiger partial charge in [-0.25, -0.2) is 5.43 Å². The smallest absolute Gasteiger partial charge is 0.276 e. The number of rotatable bonds is 5. The molecule has 0 spiro atoms. The Morgan fingerprint density at radius 1 is 1.08 bits per heavy atom. The first kappa shape index (κ1) is 16.5. The molecule has 0 aliphatic rings. The Kier molecular flexibility index (Phi) is 4.80. The van der Waals surface area contributed by atoms with Gasteiger partial charge in [-0.3, -0.25) is 25.0 Å². The Hall–Kier alpha value is -3.82. The molecule has 0 aliphatic heterocycles. The summed E-state index contributed by atoms with van der Waals surface area (Å²) in [7, 11) is 0. The first-order valence-corrected chi connectivity index (χ1v) is 6.42. The predicted molar refractivity (Wildman–Crippen MR) is 80.7 cm³/mol. The van der Waals surface area contributed by atoms with Gasteiger partial charge in [0.25, 0.3) is 17.3 Å². The zero-order chi connectivity index (χ0) is 17.7. The van der Waals surface area contributed by atoms with Crippen LogP contribution in [0.1, 0.15) is 15.9 Å². The second kappa shape index (κ2) is 6.96. The number of nitro benzene ring substituents is 2. The maximum absolute atomic E-state index is 11.9. The van der Waals surface area contributed by atoms with Crippen molar-refractivity contribution in [1.29, 1.82) is 0 Å². The second-order valence-corrected chi connectivity index (χ2v) is 4.46. The van der Waals surface area contributed by atoms with Crippen LogP contribution in [0.25, 0.3) is 0 Å². The number of carbonyl (C=O) groups is 1. The van der Waals surface area contributed by atoms with Crippen LogP contribution in [0.2, 0.25) is 0 Å². The molecule has 10 heteroatoms. The van der Waals surface area contributed by atoms with E-state index in [1.165, 1.54) is 12.1 Å². The second-order valence-electron chi connectivity index (χ2n) is 4.46. The minimum Gasteiger partial charge on any atom is -0.867 e. The van der Waals surface area contributed by atoms with Crippen molar-refractivity contribution in [2.24, 2.45) is 5.10 Å². The average molecular weight is 329 g/mol. The van der Waals surface area contributed by atoms with Gasteiger partial charge in [0, 0.05) is 17.2 Å². The highest BCUT2D eigenvalue weighted by molar-refractivity contribution is 5.95. The van der Waals surface area contributed by atoms with Crippen molar-refractivity contribution in [3.05, 3.63) is 73.8 Å². The summed E-state index contributed by atoms with van der Waals surface area (Å²) < 4.78 is 0. The molecule has 0 saturated heterocycles. The summed E-state index contributed by atoms with van der Waals surface area (Å²) in [5, 5.41) is 36.9.